The summed E-state index contributed by atoms with van der Waals surface area (Å²) in [5, 5.41) is 3.01. The summed E-state index contributed by atoms with van der Waals surface area (Å²) >= 11 is 0. The molecule has 0 radical (unpaired) electrons. The molecule has 7 nitrogen and oxygen atoms in total. The van der Waals surface area contributed by atoms with Gasteiger partial charge < -0.3 is 16.0 Å². The highest BCUT2D eigenvalue weighted by molar-refractivity contribution is 6.03. The Bertz CT molecular complexity index is 1280. The van der Waals surface area contributed by atoms with Crippen LogP contribution in [0.2, 0.25) is 0 Å². The standard InChI is InChI=1S/C29H33FN6O/c1-20(32-2)17-35(3)25-14-21(18-36-12-10-26(30)27(31)19-36)13-24(16-25)34-29(37)28-15-23(9-11-33-28)22-7-5-4-6-8-22/h4-9,11,13-17,26-27H,2,10,12,18-19,31H2,1,3H3,(H,34,37)/b20-17-/t26-,27-/m1/s1. The van der Waals surface area contributed by atoms with E-state index in [4.69, 9.17) is 5.73 Å². The zero-order chi connectivity index (χ0) is 26.4. The number of alkyl halides is 1. The molecule has 1 saturated heterocycles. The Morgan fingerprint density at radius 3 is 2.76 bits per heavy atom. The van der Waals surface area contributed by atoms with E-state index in [9.17, 15) is 9.18 Å². The predicted octanol–water partition coefficient (Wildman–Crippen LogP) is 4.87. The molecule has 1 aliphatic heterocycles. The molecule has 1 amide bonds. The molecule has 2 atom stereocenters. The zero-order valence-electron chi connectivity index (χ0n) is 21.3. The molecule has 0 bridgehead atoms. The molecule has 37 heavy (non-hydrogen) atoms. The van der Waals surface area contributed by atoms with E-state index in [0.717, 1.165) is 28.1 Å². The zero-order valence-corrected chi connectivity index (χ0v) is 21.3. The van der Waals surface area contributed by atoms with Crippen molar-refractivity contribution in [2.75, 3.05) is 30.4 Å². The van der Waals surface area contributed by atoms with Gasteiger partial charge >= 0.3 is 0 Å². The highest BCUT2D eigenvalue weighted by Gasteiger charge is 2.26. The van der Waals surface area contributed by atoms with E-state index in [1.165, 1.54) is 0 Å². The highest BCUT2D eigenvalue weighted by Crippen LogP contribution is 2.26. The number of pyridine rings is 1. The summed E-state index contributed by atoms with van der Waals surface area (Å²) in [7, 11) is 1.91. The lowest BCUT2D eigenvalue weighted by Crippen LogP contribution is -2.49. The topological polar surface area (TPSA) is 86.9 Å². The van der Waals surface area contributed by atoms with Crippen molar-refractivity contribution in [2.45, 2.75) is 32.1 Å². The van der Waals surface area contributed by atoms with Gasteiger partial charge in [-0.1, -0.05) is 30.3 Å². The summed E-state index contributed by atoms with van der Waals surface area (Å²) in [6.45, 7) is 7.15. The Morgan fingerprint density at radius 2 is 2.03 bits per heavy atom. The number of hydrogen-bond donors (Lipinski definition) is 2. The lowest BCUT2D eigenvalue weighted by molar-refractivity contribution is 0.102. The summed E-state index contributed by atoms with van der Waals surface area (Å²) in [4.78, 5) is 25.5. The highest BCUT2D eigenvalue weighted by atomic mass is 19.1. The number of likely N-dealkylation sites (tertiary alicyclic amines) is 1. The molecule has 2 heterocycles. The van der Waals surface area contributed by atoms with Gasteiger partial charge in [-0.25, -0.2) is 4.39 Å². The third kappa shape index (κ3) is 6.87. The lowest BCUT2D eigenvalue weighted by atomic mass is 10.0. The van der Waals surface area contributed by atoms with Crippen LogP contribution in [0.4, 0.5) is 15.8 Å². The molecule has 0 aliphatic carbocycles. The fraction of sp³-hybridized carbons (Fsp3) is 0.276. The molecule has 1 aliphatic rings. The van der Waals surface area contributed by atoms with E-state index in [-0.39, 0.29) is 5.91 Å². The third-order valence-corrected chi connectivity index (χ3v) is 6.43. The number of amides is 1. The van der Waals surface area contributed by atoms with Crippen LogP contribution in [-0.2, 0) is 6.54 Å². The summed E-state index contributed by atoms with van der Waals surface area (Å²) in [6, 6.07) is 18.9. The number of nitrogens with zero attached hydrogens (tertiary/aromatic N) is 4. The van der Waals surface area contributed by atoms with E-state index < -0.39 is 12.2 Å². The van der Waals surface area contributed by atoms with Crippen molar-refractivity contribution < 1.29 is 9.18 Å². The van der Waals surface area contributed by atoms with Gasteiger partial charge in [-0.15, -0.1) is 0 Å². The molecule has 192 valence electrons. The molecule has 1 fully saturated rings. The normalized spacial score (nSPS) is 18.3. The second kappa shape index (κ2) is 11.9. The lowest BCUT2D eigenvalue weighted by Gasteiger charge is -2.33. The van der Waals surface area contributed by atoms with Crippen molar-refractivity contribution in [1.29, 1.82) is 0 Å². The summed E-state index contributed by atoms with van der Waals surface area (Å²) in [6.07, 6.45) is 2.95. The molecule has 3 aromatic rings. The summed E-state index contributed by atoms with van der Waals surface area (Å²) < 4.78 is 13.9. The van der Waals surface area contributed by atoms with Crippen LogP contribution in [0, 0.1) is 0 Å². The smallest absolute Gasteiger partial charge is 0.274 e. The van der Waals surface area contributed by atoms with Crippen molar-refractivity contribution in [2.24, 2.45) is 10.7 Å². The number of allylic oxidation sites excluding steroid dienone is 1. The number of hydrogen-bond acceptors (Lipinski definition) is 6. The Hall–Kier alpha value is -3.88. The first-order chi connectivity index (χ1) is 17.8. The van der Waals surface area contributed by atoms with Crippen molar-refractivity contribution >= 4 is 24.0 Å². The number of piperidine rings is 1. The molecule has 8 heteroatoms. The molecule has 0 spiro atoms. The summed E-state index contributed by atoms with van der Waals surface area (Å²) in [5.41, 5.74) is 11.5. The molecule has 3 N–H and O–H groups in total. The maximum atomic E-state index is 13.9. The first-order valence-electron chi connectivity index (χ1n) is 12.3. The van der Waals surface area contributed by atoms with Gasteiger partial charge in [-0.2, -0.15) is 0 Å². The first-order valence-corrected chi connectivity index (χ1v) is 12.3. The van der Waals surface area contributed by atoms with Gasteiger partial charge in [0.1, 0.15) is 11.9 Å². The predicted molar refractivity (Wildman–Crippen MR) is 149 cm³/mol. The number of carbonyl (C=O) groups is 1. The second-order valence-corrected chi connectivity index (χ2v) is 9.38. The van der Waals surface area contributed by atoms with Crippen molar-refractivity contribution in [1.82, 2.24) is 9.88 Å². The number of rotatable bonds is 8. The number of aromatic nitrogens is 1. The largest absolute Gasteiger partial charge is 0.349 e. The van der Waals surface area contributed by atoms with Gasteiger partial charge in [0.2, 0.25) is 0 Å². The number of carbonyl (C=O) groups excluding carboxylic acids is 1. The van der Waals surface area contributed by atoms with E-state index in [1.54, 1.807) is 12.3 Å². The average molecular weight is 501 g/mol. The monoisotopic (exact) mass is 500 g/mol. The van der Waals surface area contributed by atoms with Crippen LogP contribution in [0.3, 0.4) is 0 Å². The van der Waals surface area contributed by atoms with E-state index in [1.807, 2.05) is 79.7 Å². The van der Waals surface area contributed by atoms with Gasteiger partial charge in [0.15, 0.2) is 0 Å². The second-order valence-electron chi connectivity index (χ2n) is 9.38. The van der Waals surface area contributed by atoms with Gasteiger partial charge in [0.05, 0.1) is 5.70 Å². The number of nitrogens with one attached hydrogen (secondary N) is 1. The Labute approximate surface area is 217 Å². The Kier molecular flexibility index (Phi) is 8.43. The van der Waals surface area contributed by atoms with Crippen molar-refractivity contribution in [3.63, 3.8) is 0 Å². The van der Waals surface area contributed by atoms with Crippen LogP contribution in [0.25, 0.3) is 11.1 Å². The number of halogens is 1. The molecular formula is C29H33FN6O. The fourth-order valence-corrected chi connectivity index (χ4v) is 4.42. The molecule has 2 aromatic carbocycles. The van der Waals surface area contributed by atoms with Gasteiger partial charge in [-0.3, -0.25) is 19.7 Å². The molecular weight excluding hydrogens is 467 g/mol. The van der Waals surface area contributed by atoms with Gasteiger partial charge in [-0.05, 0) is 67.1 Å². The van der Waals surface area contributed by atoms with E-state index in [0.29, 0.717) is 37.4 Å². The van der Waals surface area contributed by atoms with E-state index in [2.05, 4.69) is 26.9 Å². The van der Waals surface area contributed by atoms with Crippen LogP contribution in [-0.4, -0.2) is 54.9 Å². The minimum atomic E-state index is -0.970. The Balaban J connectivity index is 1.60. The molecule has 0 saturated carbocycles. The molecule has 0 unspecified atom stereocenters. The molecule has 1 aromatic heterocycles. The average Bonchev–Trinajstić information content (AvgIpc) is 2.91. The van der Waals surface area contributed by atoms with Gasteiger partial charge in [0.25, 0.3) is 5.91 Å². The van der Waals surface area contributed by atoms with Crippen LogP contribution in [0.15, 0.2) is 83.7 Å². The minimum Gasteiger partial charge on any atom is -0.349 e. The SMILES string of the molecule is C=N/C(C)=C\N(C)c1cc(CN2CC[C@@H](F)[C@H](N)C2)cc(NC(=O)c2cc(-c3ccccc3)ccn2)c1. The van der Waals surface area contributed by atoms with Crippen molar-refractivity contribution in [3.05, 3.63) is 90.0 Å². The minimum absolute atomic E-state index is 0.303. The number of aliphatic imine (C=N–C) groups is 1. The van der Waals surface area contributed by atoms with Crippen LogP contribution in [0.1, 0.15) is 29.4 Å². The van der Waals surface area contributed by atoms with E-state index >= 15 is 0 Å². The maximum absolute atomic E-state index is 13.9. The first kappa shape index (κ1) is 26.2. The number of nitrogens with two attached hydrogens (primary N) is 1. The van der Waals surface area contributed by atoms with Crippen LogP contribution in [0.5, 0.6) is 0 Å². The fourth-order valence-electron chi connectivity index (χ4n) is 4.42. The van der Waals surface area contributed by atoms with Gasteiger partial charge in [0, 0.05) is 56.5 Å². The molecule has 4 rings (SSSR count). The van der Waals surface area contributed by atoms with Crippen molar-refractivity contribution in [3.8, 4) is 11.1 Å². The quantitative estimate of drug-likeness (QED) is 0.431. The third-order valence-electron chi connectivity index (χ3n) is 6.43. The Morgan fingerprint density at radius 1 is 1.24 bits per heavy atom. The van der Waals surface area contributed by atoms with Crippen LogP contribution < -0.4 is 16.0 Å². The number of anilines is 2. The maximum Gasteiger partial charge on any atom is 0.274 e. The summed E-state index contributed by atoms with van der Waals surface area (Å²) in [5.74, 6) is -0.303. The van der Waals surface area contributed by atoms with Crippen LogP contribution >= 0.6 is 0 Å². The number of benzene rings is 2.